The van der Waals surface area contributed by atoms with Gasteiger partial charge in [-0.1, -0.05) is 109 Å². The molecule has 0 unspecified atom stereocenters. The van der Waals surface area contributed by atoms with Gasteiger partial charge in [0.1, 0.15) is 0 Å². The van der Waals surface area contributed by atoms with E-state index in [-0.39, 0.29) is 0 Å². The summed E-state index contributed by atoms with van der Waals surface area (Å²) < 4.78 is 4.86. The van der Waals surface area contributed by atoms with Gasteiger partial charge in [0, 0.05) is 32.9 Å². The molecule has 9 rings (SSSR count). The van der Waals surface area contributed by atoms with Crippen molar-refractivity contribution < 1.29 is 0 Å². The van der Waals surface area contributed by atoms with Crippen LogP contribution in [0.1, 0.15) is 0 Å². The number of benzene rings is 7. The van der Waals surface area contributed by atoms with E-state index in [0.29, 0.717) is 0 Å². The van der Waals surface area contributed by atoms with Crippen molar-refractivity contribution in [2.45, 2.75) is 0 Å². The second-order valence-electron chi connectivity index (χ2n) is 11.0. The van der Waals surface area contributed by atoms with Crippen molar-refractivity contribution in [2.24, 2.45) is 0 Å². The Morgan fingerprint density at radius 3 is 1.71 bits per heavy atom. The minimum atomic E-state index is 1.17. The van der Waals surface area contributed by atoms with Crippen LogP contribution in [0.2, 0.25) is 0 Å². The van der Waals surface area contributed by atoms with Crippen LogP contribution in [0.4, 0.5) is 0 Å². The lowest BCUT2D eigenvalue weighted by atomic mass is 10.0. The first-order valence-corrected chi connectivity index (χ1v) is 14.5. The van der Waals surface area contributed by atoms with E-state index >= 15 is 0 Å². The van der Waals surface area contributed by atoms with E-state index in [1.54, 1.807) is 0 Å². The van der Waals surface area contributed by atoms with Crippen LogP contribution in [0.25, 0.3) is 76.9 Å². The largest absolute Gasteiger partial charge is 0.309 e. The molecule has 0 saturated heterocycles. The molecule has 42 heavy (non-hydrogen) atoms. The molecule has 2 heterocycles. The highest BCUT2D eigenvalue weighted by molar-refractivity contribution is 6.29. The molecule has 0 fully saturated rings. The Hall–Kier alpha value is -5.60. The van der Waals surface area contributed by atoms with E-state index in [0.717, 1.165) is 0 Å². The van der Waals surface area contributed by atoms with Crippen LogP contribution in [-0.2, 0) is 0 Å². The molecule has 7 aromatic carbocycles. The average molecular weight is 535 g/mol. The van der Waals surface area contributed by atoms with E-state index < -0.39 is 0 Å². The molecule has 9 aromatic rings. The van der Waals surface area contributed by atoms with E-state index in [4.69, 9.17) is 0 Å². The van der Waals surface area contributed by atoms with Gasteiger partial charge in [0.15, 0.2) is 0 Å². The molecular formula is C40H26N2. The third kappa shape index (κ3) is 3.33. The summed E-state index contributed by atoms with van der Waals surface area (Å²) in [5, 5.41) is 7.62. The first kappa shape index (κ1) is 23.1. The summed E-state index contributed by atoms with van der Waals surface area (Å²) in [7, 11) is 0. The first-order chi connectivity index (χ1) is 20.8. The van der Waals surface area contributed by atoms with Crippen molar-refractivity contribution in [3.05, 3.63) is 158 Å². The van der Waals surface area contributed by atoms with Gasteiger partial charge >= 0.3 is 0 Å². The molecule has 0 bridgehead atoms. The summed E-state index contributed by atoms with van der Waals surface area (Å²) in [6.45, 7) is 0. The summed E-state index contributed by atoms with van der Waals surface area (Å²) in [4.78, 5) is 0. The number of fused-ring (bicyclic) bond motifs is 8. The highest BCUT2D eigenvalue weighted by Crippen LogP contribution is 2.43. The van der Waals surface area contributed by atoms with Crippen LogP contribution in [-0.4, -0.2) is 9.13 Å². The first-order valence-electron chi connectivity index (χ1n) is 14.5. The molecule has 0 amide bonds. The Kier molecular flexibility index (Phi) is 4.93. The van der Waals surface area contributed by atoms with Gasteiger partial charge in [0.05, 0.1) is 22.1 Å². The van der Waals surface area contributed by atoms with Gasteiger partial charge in [-0.15, -0.1) is 0 Å². The summed E-state index contributed by atoms with van der Waals surface area (Å²) in [6, 6.07) is 57.2. The lowest BCUT2D eigenvalue weighted by Gasteiger charge is -2.10. The Labute approximate surface area is 243 Å². The minimum absolute atomic E-state index is 1.17. The number of aromatic nitrogens is 2. The Bertz CT molecular complexity index is 2440. The van der Waals surface area contributed by atoms with Crippen LogP contribution in [0.5, 0.6) is 0 Å². The smallest absolute Gasteiger partial charge is 0.0548 e. The van der Waals surface area contributed by atoms with Crippen molar-refractivity contribution in [2.75, 3.05) is 0 Å². The Morgan fingerprint density at radius 1 is 0.310 bits per heavy atom. The molecule has 0 N–H and O–H groups in total. The normalized spacial score (nSPS) is 11.8. The van der Waals surface area contributed by atoms with Gasteiger partial charge in [-0.05, 0) is 70.4 Å². The Morgan fingerprint density at radius 2 is 0.929 bits per heavy atom. The number of hydrogen-bond acceptors (Lipinski definition) is 0. The predicted octanol–water partition coefficient (Wildman–Crippen LogP) is 10.7. The molecule has 0 atom stereocenters. The summed E-state index contributed by atoms with van der Waals surface area (Å²) in [6.07, 6.45) is 0. The zero-order valence-corrected chi connectivity index (χ0v) is 22.9. The molecule has 0 saturated carbocycles. The molecule has 0 aliphatic heterocycles. The van der Waals surface area contributed by atoms with Crippen LogP contribution in [0, 0.1) is 0 Å². The number of rotatable bonds is 3. The second-order valence-corrected chi connectivity index (χ2v) is 11.0. The van der Waals surface area contributed by atoms with Crippen molar-refractivity contribution in [1.29, 1.82) is 0 Å². The van der Waals surface area contributed by atoms with Crippen molar-refractivity contribution >= 4 is 54.4 Å². The van der Waals surface area contributed by atoms with Gasteiger partial charge in [-0.2, -0.15) is 0 Å². The fraction of sp³-hybridized carbons (Fsp3) is 0. The van der Waals surface area contributed by atoms with Gasteiger partial charge < -0.3 is 9.13 Å². The molecule has 0 aliphatic carbocycles. The zero-order valence-electron chi connectivity index (χ0n) is 22.9. The summed E-state index contributed by atoms with van der Waals surface area (Å²) in [5.74, 6) is 0. The molecule has 0 radical (unpaired) electrons. The lowest BCUT2D eigenvalue weighted by molar-refractivity contribution is 1.17. The summed E-state index contributed by atoms with van der Waals surface area (Å²) >= 11 is 0. The van der Waals surface area contributed by atoms with Gasteiger partial charge in [-0.3, -0.25) is 0 Å². The fourth-order valence-corrected chi connectivity index (χ4v) is 6.83. The van der Waals surface area contributed by atoms with E-state index in [2.05, 4.69) is 167 Å². The molecule has 0 spiro atoms. The average Bonchev–Trinajstić information content (AvgIpc) is 3.57. The minimum Gasteiger partial charge on any atom is -0.309 e. The highest BCUT2D eigenvalue weighted by Gasteiger charge is 2.21. The van der Waals surface area contributed by atoms with Crippen LogP contribution < -0.4 is 0 Å². The highest BCUT2D eigenvalue weighted by atomic mass is 15.0. The molecule has 0 aliphatic rings. The summed E-state index contributed by atoms with van der Waals surface area (Å²) in [5.41, 5.74) is 9.66. The predicted molar refractivity (Wildman–Crippen MR) is 178 cm³/mol. The van der Waals surface area contributed by atoms with Crippen molar-refractivity contribution in [1.82, 2.24) is 9.13 Å². The maximum Gasteiger partial charge on any atom is 0.0548 e. The molecule has 2 heteroatoms. The maximum atomic E-state index is 2.43. The van der Waals surface area contributed by atoms with Crippen molar-refractivity contribution in [3.63, 3.8) is 0 Å². The third-order valence-electron chi connectivity index (χ3n) is 8.68. The SMILES string of the molecule is c1ccc(-c2ccc3c4c5c6ccccc6n(-c6ccc7ccccc7c6)c5ccc4n(-c4ccccc4)c3c2)cc1. The molecule has 2 aromatic heterocycles. The number of hydrogen-bond donors (Lipinski definition) is 0. The van der Waals surface area contributed by atoms with Gasteiger partial charge in [-0.25, -0.2) is 0 Å². The van der Waals surface area contributed by atoms with Crippen LogP contribution in [0.15, 0.2) is 158 Å². The quantitative estimate of drug-likeness (QED) is 0.213. The number of para-hydroxylation sites is 2. The monoisotopic (exact) mass is 534 g/mol. The van der Waals surface area contributed by atoms with Crippen molar-refractivity contribution in [3.8, 4) is 22.5 Å². The zero-order chi connectivity index (χ0) is 27.6. The lowest BCUT2D eigenvalue weighted by Crippen LogP contribution is -1.95. The topological polar surface area (TPSA) is 9.86 Å². The Balaban J connectivity index is 1.43. The van der Waals surface area contributed by atoms with Crippen LogP contribution in [0.3, 0.4) is 0 Å². The third-order valence-corrected chi connectivity index (χ3v) is 8.68. The fourth-order valence-electron chi connectivity index (χ4n) is 6.83. The van der Waals surface area contributed by atoms with E-state index in [1.807, 2.05) is 0 Å². The van der Waals surface area contributed by atoms with Gasteiger partial charge in [0.25, 0.3) is 0 Å². The standard InChI is InChI=1S/C40H26N2/c1-3-11-27(12-4-1)30-20-22-34-38(26-30)41(31-15-5-2-6-16-31)36-23-24-37-39(40(34)36)33-17-9-10-18-35(33)42(37)32-21-19-28-13-7-8-14-29(28)25-32/h1-26H. The maximum absolute atomic E-state index is 2.43. The molecular weight excluding hydrogens is 508 g/mol. The number of nitrogens with zero attached hydrogens (tertiary/aromatic N) is 2. The van der Waals surface area contributed by atoms with Crippen LogP contribution >= 0.6 is 0 Å². The second kappa shape index (κ2) is 8.95. The molecule has 196 valence electrons. The van der Waals surface area contributed by atoms with Gasteiger partial charge in [0.2, 0.25) is 0 Å². The van der Waals surface area contributed by atoms with E-state index in [1.165, 1.54) is 76.9 Å². The van der Waals surface area contributed by atoms with E-state index in [9.17, 15) is 0 Å². The molecule has 2 nitrogen and oxygen atoms in total.